The Balaban J connectivity index is 3.21. The molecule has 8 nitrogen and oxygen atoms in total. The van der Waals surface area contributed by atoms with Gasteiger partial charge in [0.2, 0.25) is 15.9 Å². The highest BCUT2D eigenvalue weighted by Crippen LogP contribution is 2.25. The van der Waals surface area contributed by atoms with Crippen LogP contribution in [0.2, 0.25) is 0 Å². The van der Waals surface area contributed by atoms with E-state index in [0.717, 1.165) is 12.1 Å². The lowest BCUT2D eigenvalue weighted by atomic mass is 10.1. The Kier molecular flexibility index (Phi) is 4.69. The molecule has 0 saturated heterocycles. The molecule has 0 aliphatic carbocycles. The van der Waals surface area contributed by atoms with Crippen molar-refractivity contribution in [1.82, 2.24) is 10.0 Å². The molecule has 0 fully saturated rings. The Morgan fingerprint density at radius 3 is 2.40 bits per heavy atom. The molecule has 0 aliphatic heterocycles. The quantitative estimate of drug-likeness (QED) is 0.575. The van der Waals surface area contributed by atoms with E-state index in [-0.39, 0.29) is 10.5 Å². The van der Waals surface area contributed by atoms with E-state index in [1.807, 2.05) is 4.72 Å². The number of nitrogens with one attached hydrogen (secondary N) is 2. The van der Waals surface area contributed by atoms with E-state index >= 15 is 0 Å². The fourth-order valence-electron chi connectivity index (χ4n) is 1.46. The average Bonchev–Trinajstić information content (AvgIpc) is 2.35. The molecular formula is C11H14N2O6S. The zero-order valence-corrected chi connectivity index (χ0v) is 11.6. The predicted molar refractivity (Wildman–Crippen MR) is 69.1 cm³/mol. The summed E-state index contributed by atoms with van der Waals surface area (Å²) in [6.07, 6.45) is 0. The number of hydrogen-bond acceptors (Lipinski definition) is 5. The topological polar surface area (TPSA) is 133 Å². The van der Waals surface area contributed by atoms with Crippen molar-refractivity contribution in [3.63, 3.8) is 0 Å². The summed E-state index contributed by atoms with van der Waals surface area (Å²) < 4.78 is 26.0. The van der Waals surface area contributed by atoms with Gasteiger partial charge in [0.15, 0.2) is 0 Å². The van der Waals surface area contributed by atoms with E-state index in [1.54, 1.807) is 0 Å². The Morgan fingerprint density at radius 2 is 1.90 bits per heavy atom. The highest BCUT2D eigenvalue weighted by atomic mass is 32.2. The van der Waals surface area contributed by atoms with Crippen LogP contribution in [0, 0.1) is 6.92 Å². The molecule has 0 atom stereocenters. The Bertz CT molecular complexity index is 653. The van der Waals surface area contributed by atoms with Crippen molar-refractivity contribution in [3.05, 3.63) is 23.3 Å². The molecule has 0 heterocycles. The Labute approximate surface area is 115 Å². The van der Waals surface area contributed by atoms with Crippen LogP contribution in [0.25, 0.3) is 0 Å². The molecule has 0 saturated carbocycles. The maximum absolute atomic E-state index is 12.0. The molecule has 9 heteroatoms. The number of amides is 1. The van der Waals surface area contributed by atoms with E-state index in [9.17, 15) is 23.1 Å². The summed E-state index contributed by atoms with van der Waals surface area (Å²) in [5.74, 6) is -2.52. The van der Waals surface area contributed by atoms with Gasteiger partial charge < -0.3 is 15.5 Å². The van der Waals surface area contributed by atoms with Crippen molar-refractivity contribution in [1.29, 1.82) is 0 Å². The molecule has 0 unspecified atom stereocenters. The van der Waals surface area contributed by atoms with Crippen LogP contribution in [0.5, 0.6) is 5.75 Å². The van der Waals surface area contributed by atoms with Gasteiger partial charge in [0, 0.05) is 7.05 Å². The predicted octanol–water partition coefficient (Wildman–Crippen LogP) is -0.577. The zero-order chi connectivity index (χ0) is 15.5. The van der Waals surface area contributed by atoms with Gasteiger partial charge in [0.05, 0.1) is 11.4 Å². The van der Waals surface area contributed by atoms with Gasteiger partial charge in [-0.2, -0.15) is 0 Å². The smallest absolute Gasteiger partial charge is 0.339 e. The molecule has 0 radical (unpaired) electrons. The van der Waals surface area contributed by atoms with Gasteiger partial charge in [0.1, 0.15) is 11.3 Å². The molecule has 0 aromatic heterocycles. The lowest BCUT2D eigenvalue weighted by Gasteiger charge is -2.10. The molecule has 1 amide bonds. The number of hydrogen-bond donors (Lipinski definition) is 4. The van der Waals surface area contributed by atoms with E-state index in [1.165, 1.54) is 14.0 Å². The summed E-state index contributed by atoms with van der Waals surface area (Å²) in [6, 6.07) is 1.89. The number of phenols is 1. The van der Waals surface area contributed by atoms with Crippen LogP contribution in [-0.4, -0.2) is 44.1 Å². The molecular weight excluding hydrogens is 288 g/mol. The maximum atomic E-state index is 12.0. The van der Waals surface area contributed by atoms with Crippen LogP contribution in [-0.2, 0) is 14.8 Å². The van der Waals surface area contributed by atoms with E-state index in [4.69, 9.17) is 5.11 Å². The second-order valence-corrected chi connectivity index (χ2v) is 5.67. The highest BCUT2D eigenvalue weighted by Gasteiger charge is 2.22. The van der Waals surface area contributed by atoms with E-state index in [0.29, 0.717) is 0 Å². The third kappa shape index (κ3) is 3.45. The number of aromatic hydroxyl groups is 1. The normalized spacial score (nSPS) is 11.1. The Morgan fingerprint density at radius 1 is 1.30 bits per heavy atom. The number of aromatic carboxylic acids is 1. The number of aryl methyl sites for hydroxylation is 1. The summed E-state index contributed by atoms with van der Waals surface area (Å²) in [5, 5.41) is 20.6. The Hall–Kier alpha value is -2.13. The zero-order valence-electron chi connectivity index (χ0n) is 10.8. The first kappa shape index (κ1) is 15.9. The molecule has 0 spiro atoms. The number of likely N-dealkylation sites (N-methyl/N-ethyl adjacent to an activating group) is 1. The van der Waals surface area contributed by atoms with Crippen molar-refractivity contribution in [3.8, 4) is 5.75 Å². The fraction of sp³-hybridized carbons (Fsp3) is 0.273. The summed E-state index contributed by atoms with van der Waals surface area (Å²) in [4.78, 5) is 21.6. The second-order valence-electron chi connectivity index (χ2n) is 3.94. The minimum atomic E-state index is -4.05. The lowest BCUT2D eigenvalue weighted by Crippen LogP contribution is -2.35. The van der Waals surface area contributed by atoms with Gasteiger partial charge in [-0.15, -0.1) is 0 Å². The number of carboxylic acids is 1. The average molecular weight is 302 g/mol. The van der Waals surface area contributed by atoms with Crippen molar-refractivity contribution < 1.29 is 28.2 Å². The number of rotatable bonds is 5. The van der Waals surface area contributed by atoms with Crippen molar-refractivity contribution >= 4 is 21.9 Å². The van der Waals surface area contributed by atoms with Crippen LogP contribution < -0.4 is 10.0 Å². The first-order valence-corrected chi connectivity index (χ1v) is 6.94. The third-order valence-electron chi connectivity index (χ3n) is 2.51. The van der Waals surface area contributed by atoms with Gasteiger partial charge in [-0.3, -0.25) is 4.79 Å². The van der Waals surface area contributed by atoms with Gasteiger partial charge in [0.25, 0.3) is 0 Å². The molecule has 110 valence electrons. The summed E-state index contributed by atoms with van der Waals surface area (Å²) >= 11 is 0. The van der Waals surface area contributed by atoms with Crippen molar-refractivity contribution in [2.75, 3.05) is 13.6 Å². The summed E-state index contributed by atoms with van der Waals surface area (Å²) in [7, 11) is -2.70. The van der Waals surface area contributed by atoms with Crippen molar-refractivity contribution in [2.45, 2.75) is 11.8 Å². The number of benzene rings is 1. The molecule has 4 N–H and O–H groups in total. The van der Waals surface area contributed by atoms with Crippen LogP contribution in [0.4, 0.5) is 0 Å². The van der Waals surface area contributed by atoms with E-state index in [2.05, 4.69) is 5.32 Å². The second kappa shape index (κ2) is 5.88. The number of sulfonamides is 1. The summed E-state index contributed by atoms with van der Waals surface area (Å²) in [5.41, 5.74) is -0.368. The standard InChI is InChI=1S/C11H14N2O6S/c1-6-3-8(14)7(11(16)17)4-9(6)20(18,19)13-5-10(15)12-2/h3-4,13-14H,5H2,1-2H3,(H,12,15)(H,16,17). The molecule has 1 aromatic rings. The number of carbonyl (C=O) groups is 2. The van der Waals surface area contributed by atoms with Gasteiger partial charge in [-0.25, -0.2) is 17.9 Å². The lowest BCUT2D eigenvalue weighted by molar-refractivity contribution is -0.119. The van der Waals surface area contributed by atoms with Crippen LogP contribution in [0.1, 0.15) is 15.9 Å². The fourth-order valence-corrected chi connectivity index (χ4v) is 2.69. The molecule has 20 heavy (non-hydrogen) atoms. The van der Waals surface area contributed by atoms with Crippen LogP contribution in [0.3, 0.4) is 0 Å². The van der Waals surface area contributed by atoms with Gasteiger partial charge >= 0.3 is 5.97 Å². The highest BCUT2D eigenvalue weighted by molar-refractivity contribution is 7.89. The minimum Gasteiger partial charge on any atom is -0.507 e. The maximum Gasteiger partial charge on any atom is 0.339 e. The minimum absolute atomic E-state index is 0.164. The van der Waals surface area contributed by atoms with E-state index < -0.39 is 39.8 Å². The summed E-state index contributed by atoms with van der Waals surface area (Å²) in [6.45, 7) is 0.932. The first-order valence-electron chi connectivity index (χ1n) is 5.46. The third-order valence-corrected chi connectivity index (χ3v) is 4.06. The van der Waals surface area contributed by atoms with Crippen LogP contribution in [0.15, 0.2) is 17.0 Å². The number of carbonyl (C=O) groups excluding carboxylic acids is 1. The monoisotopic (exact) mass is 302 g/mol. The molecule has 0 aliphatic rings. The van der Waals surface area contributed by atoms with Crippen molar-refractivity contribution in [2.24, 2.45) is 0 Å². The molecule has 1 rings (SSSR count). The molecule has 1 aromatic carbocycles. The SMILES string of the molecule is CNC(=O)CNS(=O)(=O)c1cc(C(=O)O)c(O)cc1C. The molecule has 0 bridgehead atoms. The van der Waals surface area contributed by atoms with Gasteiger partial charge in [-0.05, 0) is 24.6 Å². The van der Waals surface area contributed by atoms with Gasteiger partial charge in [-0.1, -0.05) is 0 Å². The van der Waals surface area contributed by atoms with Crippen LogP contribution >= 0.6 is 0 Å². The largest absolute Gasteiger partial charge is 0.507 e. The number of carboxylic acid groups (broad SMARTS) is 1. The first-order chi connectivity index (χ1) is 9.19.